The molecule has 2 amide bonds. The molecule has 0 saturated carbocycles. The zero-order valence-corrected chi connectivity index (χ0v) is 19.1. The van der Waals surface area contributed by atoms with Gasteiger partial charge in [0.25, 0.3) is 0 Å². The number of hydrogen-bond donors (Lipinski definition) is 2. The molecule has 6 heteroatoms. The van der Waals surface area contributed by atoms with Gasteiger partial charge >= 0.3 is 0 Å². The Labute approximate surface area is 181 Å². The third-order valence-electron chi connectivity index (χ3n) is 3.78. The fourth-order valence-electron chi connectivity index (χ4n) is 2.65. The van der Waals surface area contributed by atoms with E-state index < -0.39 is 5.54 Å². The van der Waals surface area contributed by atoms with Gasteiger partial charge in [0.2, 0.25) is 11.8 Å². The highest BCUT2D eigenvalue weighted by molar-refractivity contribution is 14.1. The highest BCUT2D eigenvalue weighted by Crippen LogP contribution is 2.27. The van der Waals surface area contributed by atoms with Gasteiger partial charge in [-0.25, -0.2) is 0 Å². The second-order valence-corrected chi connectivity index (χ2v) is 8.63. The van der Waals surface area contributed by atoms with Crippen LogP contribution < -0.4 is 10.6 Å². The molecule has 0 aliphatic rings. The molecule has 2 rings (SSSR count). The van der Waals surface area contributed by atoms with E-state index in [-0.39, 0.29) is 11.8 Å². The number of rotatable bonds is 5. The van der Waals surface area contributed by atoms with Gasteiger partial charge in [-0.15, -0.1) is 0 Å². The standard InChI is InChI=1S/C20H20I2N2O2/c1-13(25)23-19(15-4-8-17(21)9-5-15)12-20(3,24-14(2)26)16-6-10-18(22)11-7-16/h4-12H,1-3H3,(H,23,25)(H,24,26)/b19-12-. The summed E-state index contributed by atoms with van der Waals surface area (Å²) in [7, 11) is 0. The summed E-state index contributed by atoms with van der Waals surface area (Å²) in [5.41, 5.74) is 1.70. The molecule has 26 heavy (non-hydrogen) atoms. The Kier molecular flexibility index (Phi) is 7.22. The second kappa shape index (κ2) is 8.98. The Morgan fingerprint density at radius 3 is 1.85 bits per heavy atom. The molecule has 2 aromatic carbocycles. The van der Waals surface area contributed by atoms with Crippen molar-refractivity contribution in [2.75, 3.05) is 0 Å². The molecule has 136 valence electrons. The molecule has 0 aromatic heterocycles. The van der Waals surface area contributed by atoms with Gasteiger partial charge in [-0.3, -0.25) is 9.59 Å². The summed E-state index contributed by atoms with van der Waals surface area (Å²) in [5, 5.41) is 5.90. The van der Waals surface area contributed by atoms with E-state index >= 15 is 0 Å². The van der Waals surface area contributed by atoms with Crippen LogP contribution in [0, 0.1) is 7.14 Å². The topological polar surface area (TPSA) is 58.2 Å². The Hall–Kier alpha value is -1.42. The maximum Gasteiger partial charge on any atom is 0.221 e. The lowest BCUT2D eigenvalue weighted by Gasteiger charge is -2.29. The molecule has 2 aromatic rings. The van der Waals surface area contributed by atoms with Crippen LogP contribution in [-0.2, 0) is 15.1 Å². The summed E-state index contributed by atoms with van der Waals surface area (Å²) in [6, 6.07) is 15.8. The zero-order chi connectivity index (χ0) is 19.3. The fraction of sp³-hybridized carbons (Fsp3) is 0.200. The van der Waals surface area contributed by atoms with Crippen molar-refractivity contribution in [3.63, 3.8) is 0 Å². The van der Waals surface area contributed by atoms with Crippen LogP contribution in [0.5, 0.6) is 0 Å². The Balaban J connectivity index is 2.58. The highest BCUT2D eigenvalue weighted by Gasteiger charge is 2.26. The molecule has 0 aliphatic carbocycles. The first kappa shape index (κ1) is 20.9. The first-order valence-electron chi connectivity index (χ1n) is 8.01. The van der Waals surface area contributed by atoms with Crippen molar-refractivity contribution in [1.82, 2.24) is 10.6 Å². The average molecular weight is 574 g/mol. The van der Waals surface area contributed by atoms with E-state index in [1.807, 2.05) is 61.5 Å². The molecular weight excluding hydrogens is 554 g/mol. The van der Waals surface area contributed by atoms with E-state index in [2.05, 4.69) is 55.8 Å². The molecule has 0 fully saturated rings. The third kappa shape index (κ3) is 5.80. The summed E-state index contributed by atoms with van der Waals surface area (Å²) in [4.78, 5) is 23.6. The minimum Gasteiger partial charge on any atom is -0.344 e. The minimum atomic E-state index is -0.767. The average Bonchev–Trinajstić information content (AvgIpc) is 2.54. The van der Waals surface area contributed by atoms with E-state index in [9.17, 15) is 9.59 Å². The monoisotopic (exact) mass is 574 g/mol. The second-order valence-electron chi connectivity index (χ2n) is 6.14. The van der Waals surface area contributed by atoms with Gasteiger partial charge in [0.1, 0.15) is 0 Å². The molecule has 1 unspecified atom stereocenters. The summed E-state index contributed by atoms with van der Waals surface area (Å²) in [6.07, 6.45) is 1.89. The number of carbonyl (C=O) groups excluding carboxylic acids is 2. The van der Waals surface area contributed by atoms with Crippen LogP contribution in [0.3, 0.4) is 0 Å². The SMILES string of the molecule is CC(=O)N/C(=C\C(C)(NC(C)=O)c1ccc(I)cc1)c1ccc(I)cc1. The van der Waals surface area contributed by atoms with Crippen LogP contribution in [0.2, 0.25) is 0 Å². The predicted molar refractivity (Wildman–Crippen MR) is 121 cm³/mol. The van der Waals surface area contributed by atoms with Gasteiger partial charge in [-0.2, -0.15) is 0 Å². The van der Waals surface area contributed by atoms with Crippen LogP contribution in [0.25, 0.3) is 5.70 Å². The number of amides is 2. The lowest BCUT2D eigenvalue weighted by atomic mass is 9.89. The van der Waals surface area contributed by atoms with Crippen molar-refractivity contribution >= 4 is 62.7 Å². The van der Waals surface area contributed by atoms with Gasteiger partial charge in [0, 0.05) is 26.7 Å². The zero-order valence-electron chi connectivity index (χ0n) is 14.8. The van der Waals surface area contributed by atoms with Crippen LogP contribution in [0.15, 0.2) is 54.6 Å². The van der Waals surface area contributed by atoms with Crippen molar-refractivity contribution in [1.29, 1.82) is 0 Å². The third-order valence-corrected chi connectivity index (χ3v) is 5.22. The van der Waals surface area contributed by atoms with Crippen LogP contribution in [-0.4, -0.2) is 11.8 Å². The molecule has 1 atom stereocenters. The van der Waals surface area contributed by atoms with Gasteiger partial charge in [0.15, 0.2) is 0 Å². The molecular formula is C20H20I2N2O2. The van der Waals surface area contributed by atoms with E-state index in [1.54, 1.807) is 0 Å². The number of hydrogen-bond acceptors (Lipinski definition) is 2. The summed E-state index contributed by atoms with van der Waals surface area (Å²) < 4.78 is 2.22. The Morgan fingerprint density at radius 1 is 0.885 bits per heavy atom. The van der Waals surface area contributed by atoms with Crippen LogP contribution >= 0.6 is 45.2 Å². The lowest BCUT2D eigenvalue weighted by molar-refractivity contribution is -0.120. The van der Waals surface area contributed by atoms with Gasteiger partial charge in [-0.1, -0.05) is 24.3 Å². The van der Waals surface area contributed by atoms with Crippen molar-refractivity contribution < 1.29 is 9.59 Å². The molecule has 0 bridgehead atoms. The smallest absolute Gasteiger partial charge is 0.221 e. The quantitative estimate of drug-likeness (QED) is 0.520. The normalized spacial score (nSPS) is 13.7. The molecule has 4 nitrogen and oxygen atoms in total. The fourth-order valence-corrected chi connectivity index (χ4v) is 3.37. The van der Waals surface area contributed by atoms with Crippen molar-refractivity contribution in [3.8, 4) is 0 Å². The summed E-state index contributed by atoms with van der Waals surface area (Å²) >= 11 is 4.48. The predicted octanol–water partition coefficient (Wildman–Crippen LogP) is 4.42. The number of carbonyl (C=O) groups is 2. The first-order valence-corrected chi connectivity index (χ1v) is 10.2. The Morgan fingerprint density at radius 2 is 1.38 bits per heavy atom. The number of nitrogens with one attached hydrogen (secondary N) is 2. The molecule has 2 N–H and O–H groups in total. The number of halogens is 2. The largest absolute Gasteiger partial charge is 0.344 e. The van der Waals surface area contributed by atoms with Crippen LogP contribution in [0.1, 0.15) is 31.9 Å². The first-order chi connectivity index (χ1) is 12.2. The van der Waals surface area contributed by atoms with Gasteiger partial charge in [-0.05, 0) is 93.6 Å². The maximum atomic E-state index is 11.9. The van der Waals surface area contributed by atoms with E-state index in [0.717, 1.165) is 18.3 Å². The molecule has 0 saturated heterocycles. The van der Waals surface area contributed by atoms with Gasteiger partial charge in [0.05, 0.1) is 5.54 Å². The van der Waals surface area contributed by atoms with Crippen molar-refractivity contribution in [3.05, 3.63) is 72.9 Å². The van der Waals surface area contributed by atoms with E-state index in [4.69, 9.17) is 0 Å². The van der Waals surface area contributed by atoms with Crippen molar-refractivity contribution in [2.45, 2.75) is 26.3 Å². The molecule has 0 spiro atoms. The lowest BCUT2D eigenvalue weighted by Crippen LogP contribution is -2.41. The number of benzene rings is 2. The molecule has 0 radical (unpaired) electrons. The minimum absolute atomic E-state index is 0.146. The summed E-state index contributed by atoms with van der Waals surface area (Å²) in [6.45, 7) is 4.88. The van der Waals surface area contributed by atoms with Crippen LogP contribution in [0.4, 0.5) is 0 Å². The maximum absolute atomic E-state index is 11.9. The Bertz CT molecular complexity index is 830. The highest BCUT2D eigenvalue weighted by atomic mass is 127. The summed E-state index contributed by atoms with van der Waals surface area (Å²) in [5.74, 6) is -0.310. The van der Waals surface area contributed by atoms with Crippen molar-refractivity contribution in [2.24, 2.45) is 0 Å². The van der Waals surface area contributed by atoms with E-state index in [0.29, 0.717) is 5.70 Å². The molecule has 0 heterocycles. The van der Waals surface area contributed by atoms with E-state index in [1.165, 1.54) is 13.8 Å². The van der Waals surface area contributed by atoms with Gasteiger partial charge < -0.3 is 10.6 Å². The molecule has 0 aliphatic heterocycles.